The van der Waals surface area contributed by atoms with Crippen molar-refractivity contribution >= 4 is 16.5 Å². The Morgan fingerprint density at radius 2 is 1.15 bits per heavy atom. The number of benzene rings is 6. The Morgan fingerprint density at radius 1 is 0.511 bits per heavy atom. The fraction of sp³-hybridized carbons (Fsp3) is 0.0667. The van der Waals surface area contributed by atoms with Gasteiger partial charge in [-0.3, -0.25) is 0 Å². The maximum atomic E-state index is 5.44. The standard InChI is InChI=1S/C45H30N2/c1-2-14-29(15-3-1)30-16-12-17-31(28-30)43-35-21-7-11-27-41(35)46-44(47-43)36-22-13-26-40-42(36)34-20-6-10-25-39(34)45(40)37-23-8-4-18-32(37)33-19-5-9-24-38(33)45/h1-9,11-24,26-28H,10,25H2. The molecule has 6 aromatic carbocycles. The second-order valence-electron chi connectivity index (χ2n) is 12.8. The van der Waals surface area contributed by atoms with Crippen molar-refractivity contribution in [2.45, 2.75) is 18.3 Å². The molecule has 0 N–H and O–H groups in total. The van der Waals surface area contributed by atoms with Crippen molar-refractivity contribution in [2.75, 3.05) is 0 Å². The SMILES string of the molecule is C1=CC2=C(CC1)C1(c3ccccc3-c3ccccc31)c1cccc(-c3nc(-c4cccc(-c5ccccc5)c4)c4ccccc4n3)c12. The van der Waals surface area contributed by atoms with Gasteiger partial charge in [-0.15, -0.1) is 0 Å². The largest absolute Gasteiger partial charge is 0.228 e. The van der Waals surface area contributed by atoms with E-state index in [1.807, 2.05) is 0 Å². The molecule has 2 nitrogen and oxygen atoms in total. The maximum absolute atomic E-state index is 5.44. The average Bonchev–Trinajstić information content (AvgIpc) is 3.62. The van der Waals surface area contributed by atoms with Crippen LogP contribution in [0.25, 0.3) is 61.4 Å². The van der Waals surface area contributed by atoms with Crippen molar-refractivity contribution in [2.24, 2.45) is 0 Å². The highest BCUT2D eigenvalue weighted by atomic mass is 14.9. The van der Waals surface area contributed by atoms with Gasteiger partial charge in [0.25, 0.3) is 0 Å². The fourth-order valence-electron chi connectivity index (χ4n) is 8.54. The highest BCUT2D eigenvalue weighted by molar-refractivity contribution is 6.01. The molecule has 0 unspecified atom stereocenters. The third-order valence-corrected chi connectivity index (χ3v) is 10.4. The summed E-state index contributed by atoms with van der Waals surface area (Å²) in [5.74, 6) is 0.767. The first-order valence-electron chi connectivity index (χ1n) is 16.5. The monoisotopic (exact) mass is 598 g/mol. The molecule has 220 valence electrons. The second kappa shape index (κ2) is 10.1. The van der Waals surface area contributed by atoms with Gasteiger partial charge in [0.1, 0.15) is 0 Å². The summed E-state index contributed by atoms with van der Waals surface area (Å²) in [5, 5.41) is 1.06. The minimum atomic E-state index is -0.317. The number of fused-ring (bicyclic) bond motifs is 10. The van der Waals surface area contributed by atoms with Crippen molar-refractivity contribution in [3.05, 3.63) is 186 Å². The summed E-state index contributed by atoms with van der Waals surface area (Å²) in [4.78, 5) is 10.7. The molecule has 0 bridgehead atoms. The van der Waals surface area contributed by atoms with E-state index in [0.717, 1.165) is 46.4 Å². The van der Waals surface area contributed by atoms with Crippen LogP contribution >= 0.6 is 0 Å². The van der Waals surface area contributed by atoms with Crippen LogP contribution in [0, 0.1) is 0 Å². The first kappa shape index (κ1) is 26.4. The van der Waals surface area contributed by atoms with Gasteiger partial charge in [0.2, 0.25) is 0 Å². The van der Waals surface area contributed by atoms with Gasteiger partial charge < -0.3 is 0 Å². The summed E-state index contributed by atoms with van der Waals surface area (Å²) < 4.78 is 0. The summed E-state index contributed by atoms with van der Waals surface area (Å²) in [6, 6.07) is 52.6. The van der Waals surface area contributed by atoms with E-state index in [1.165, 1.54) is 55.7 Å². The topological polar surface area (TPSA) is 25.8 Å². The van der Waals surface area contributed by atoms with Gasteiger partial charge >= 0.3 is 0 Å². The number of hydrogen-bond acceptors (Lipinski definition) is 2. The number of rotatable bonds is 3. The Balaban J connectivity index is 1.24. The lowest BCUT2D eigenvalue weighted by Crippen LogP contribution is -2.27. The molecule has 1 heterocycles. The second-order valence-corrected chi connectivity index (χ2v) is 12.8. The average molecular weight is 599 g/mol. The van der Waals surface area contributed by atoms with Crippen LogP contribution in [-0.4, -0.2) is 9.97 Å². The van der Waals surface area contributed by atoms with E-state index in [9.17, 15) is 0 Å². The van der Waals surface area contributed by atoms with Crippen LogP contribution in [0.15, 0.2) is 163 Å². The molecule has 0 radical (unpaired) electrons. The minimum Gasteiger partial charge on any atom is -0.228 e. The number of allylic oxidation sites excluding steroid dienone is 4. The van der Waals surface area contributed by atoms with Crippen molar-refractivity contribution in [3.8, 4) is 44.9 Å². The van der Waals surface area contributed by atoms with Gasteiger partial charge in [0.05, 0.1) is 16.6 Å². The van der Waals surface area contributed by atoms with Gasteiger partial charge in [-0.25, -0.2) is 9.97 Å². The first-order chi connectivity index (χ1) is 23.3. The highest BCUT2D eigenvalue weighted by Gasteiger charge is 2.53. The van der Waals surface area contributed by atoms with Crippen molar-refractivity contribution < 1.29 is 0 Å². The predicted octanol–water partition coefficient (Wildman–Crippen LogP) is 11.1. The molecule has 3 aliphatic rings. The van der Waals surface area contributed by atoms with Crippen molar-refractivity contribution in [1.82, 2.24) is 9.97 Å². The molecule has 3 aliphatic carbocycles. The van der Waals surface area contributed by atoms with Crippen LogP contribution < -0.4 is 0 Å². The Bertz CT molecular complexity index is 2420. The van der Waals surface area contributed by atoms with Gasteiger partial charge in [-0.05, 0) is 80.6 Å². The van der Waals surface area contributed by atoms with Gasteiger partial charge in [-0.1, -0.05) is 146 Å². The molecule has 0 saturated carbocycles. The molecular formula is C45H30N2. The van der Waals surface area contributed by atoms with E-state index in [-0.39, 0.29) is 5.41 Å². The molecule has 47 heavy (non-hydrogen) atoms. The van der Waals surface area contributed by atoms with Gasteiger partial charge in [0.15, 0.2) is 5.82 Å². The van der Waals surface area contributed by atoms with Gasteiger partial charge in [0, 0.05) is 16.5 Å². The third-order valence-electron chi connectivity index (χ3n) is 10.4. The smallest absolute Gasteiger partial charge is 0.161 e. The predicted molar refractivity (Wildman–Crippen MR) is 193 cm³/mol. The van der Waals surface area contributed by atoms with Crippen molar-refractivity contribution in [1.29, 1.82) is 0 Å². The number of aromatic nitrogens is 2. The van der Waals surface area contributed by atoms with Crippen LogP contribution in [0.3, 0.4) is 0 Å². The number of hydrogen-bond donors (Lipinski definition) is 0. The Kier molecular flexibility index (Phi) is 5.65. The Hall–Kier alpha value is -5.86. The van der Waals surface area contributed by atoms with Crippen LogP contribution in [0.2, 0.25) is 0 Å². The summed E-state index contributed by atoms with van der Waals surface area (Å²) in [5.41, 5.74) is 17.0. The van der Waals surface area contributed by atoms with E-state index in [0.29, 0.717) is 0 Å². The lowest BCUT2D eigenvalue weighted by atomic mass is 9.68. The van der Waals surface area contributed by atoms with E-state index < -0.39 is 0 Å². The molecule has 10 rings (SSSR count). The lowest BCUT2D eigenvalue weighted by molar-refractivity contribution is 0.714. The zero-order chi connectivity index (χ0) is 31.0. The minimum absolute atomic E-state index is 0.317. The quantitative estimate of drug-likeness (QED) is 0.202. The lowest BCUT2D eigenvalue weighted by Gasteiger charge is -2.33. The molecule has 7 aromatic rings. The fourth-order valence-corrected chi connectivity index (χ4v) is 8.54. The Labute approximate surface area is 274 Å². The normalized spacial score (nSPS) is 15.1. The molecular weight excluding hydrogens is 569 g/mol. The van der Waals surface area contributed by atoms with E-state index in [4.69, 9.17) is 9.97 Å². The molecule has 0 fully saturated rings. The zero-order valence-electron chi connectivity index (χ0n) is 25.8. The summed E-state index contributed by atoms with van der Waals surface area (Å²) in [7, 11) is 0. The molecule has 1 spiro atoms. The number of nitrogens with zero attached hydrogens (tertiary/aromatic N) is 2. The maximum Gasteiger partial charge on any atom is 0.161 e. The summed E-state index contributed by atoms with van der Waals surface area (Å²) >= 11 is 0. The highest BCUT2D eigenvalue weighted by Crippen LogP contribution is 2.64. The van der Waals surface area contributed by atoms with E-state index in [2.05, 4.69) is 158 Å². The molecule has 0 aliphatic heterocycles. The number of para-hydroxylation sites is 1. The van der Waals surface area contributed by atoms with Crippen LogP contribution in [0.5, 0.6) is 0 Å². The Morgan fingerprint density at radius 3 is 1.98 bits per heavy atom. The van der Waals surface area contributed by atoms with E-state index in [1.54, 1.807) is 0 Å². The van der Waals surface area contributed by atoms with E-state index >= 15 is 0 Å². The van der Waals surface area contributed by atoms with Crippen LogP contribution in [-0.2, 0) is 5.41 Å². The molecule has 0 saturated heterocycles. The zero-order valence-corrected chi connectivity index (χ0v) is 25.8. The van der Waals surface area contributed by atoms with Crippen molar-refractivity contribution in [3.63, 3.8) is 0 Å². The van der Waals surface area contributed by atoms with Crippen LogP contribution in [0.4, 0.5) is 0 Å². The van der Waals surface area contributed by atoms with Crippen LogP contribution in [0.1, 0.15) is 35.1 Å². The first-order valence-corrected chi connectivity index (χ1v) is 16.5. The molecule has 0 amide bonds. The van der Waals surface area contributed by atoms with Gasteiger partial charge in [-0.2, -0.15) is 0 Å². The summed E-state index contributed by atoms with van der Waals surface area (Å²) in [6.07, 6.45) is 6.78. The molecule has 0 atom stereocenters. The third kappa shape index (κ3) is 3.67. The molecule has 1 aromatic heterocycles. The summed E-state index contributed by atoms with van der Waals surface area (Å²) in [6.45, 7) is 0. The molecule has 2 heteroatoms.